The third-order valence-electron chi connectivity index (χ3n) is 4.59. The zero-order valence-corrected chi connectivity index (χ0v) is 17.8. The second-order valence-corrected chi connectivity index (χ2v) is 9.23. The maximum Gasteiger partial charge on any atom is 0.338 e. The van der Waals surface area contributed by atoms with Crippen LogP contribution < -0.4 is 5.32 Å². The SMILES string of the molecule is CC(C)N(C)S(=O)(=O)c1cccc(C(=O)OCC(=O)N[C@](C)(C#N)C(C)C)c1. The molecule has 8 nitrogen and oxygen atoms in total. The topological polar surface area (TPSA) is 117 Å². The van der Waals surface area contributed by atoms with Gasteiger partial charge in [0.05, 0.1) is 16.5 Å². The molecule has 1 N–H and O–H groups in total. The lowest BCUT2D eigenvalue weighted by Gasteiger charge is -2.27. The predicted octanol–water partition coefficient (Wildman–Crippen LogP) is 1.93. The van der Waals surface area contributed by atoms with Gasteiger partial charge >= 0.3 is 5.97 Å². The van der Waals surface area contributed by atoms with Crippen molar-refractivity contribution in [2.45, 2.75) is 51.1 Å². The maximum absolute atomic E-state index is 12.5. The van der Waals surface area contributed by atoms with Crippen LogP contribution in [-0.4, -0.2) is 49.8 Å². The van der Waals surface area contributed by atoms with Crippen molar-refractivity contribution in [1.29, 1.82) is 5.26 Å². The highest BCUT2D eigenvalue weighted by Crippen LogP contribution is 2.18. The molecule has 28 heavy (non-hydrogen) atoms. The normalized spacial score (nSPS) is 13.9. The second kappa shape index (κ2) is 9.17. The molecule has 0 spiro atoms. The largest absolute Gasteiger partial charge is 0.452 e. The smallest absolute Gasteiger partial charge is 0.338 e. The fraction of sp³-hybridized carbons (Fsp3) is 0.526. The lowest BCUT2D eigenvalue weighted by molar-refractivity contribution is -0.125. The van der Waals surface area contributed by atoms with E-state index in [4.69, 9.17) is 4.74 Å². The third kappa shape index (κ3) is 5.53. The zero-order chi connectivity index (χ0) is 21.7. The molecule has 0 heterocycles. The van der Waals surface area contributed by atoms with E-state index in [0.29, 0.717) is 0 Å². The highest BCUT2D eigenvalue weighted by Gasteiger charge is 2.30. The molecule has 154 valence electrons. The molecule has 1 rings (SSSR count). The van der Waals surface area contributed by atoms with E-state index in [1.807, 2.05) is 6.07 Å². The van der Waals surface area contributed by atoms with Crippen LogP contribution in [0.2, 0.25) is 0 Å². The number of carbonyl (C=O) groups excluding carboxylic acids is 2. The number of rotatable bonds is 8. The first-order valence-corrected chi connectivity index (χ1v) is 10.3. The van der Waals surface area contributed by atoms with Crippen LogP contribution in [0.15, 0.2) is 29.2 Å². The Morgan fingerprint density at radius 3 is 2.39 bits per heavy atom. The van der Waals surface area contributed by atoms with Crippen molar-refractivity contribution in [1.82, 2.24) is 9.62 Å². The number of nitriles is 1. The van der Waals surface area contributed by atoms with E-state index in [1.165, 1.54) is 35.6 Å². The van der Waals surface area contributed by atoms with Crippen molar-refractivity contribution in [3.05, 3.63) is 29.8 Å². The van der Waals surface area contributed by atoms with Gasteiger partial charge in [0.25, 0.3) is 5.91 Å². The standard InChI is InChI=1S/C19H27N3O5S/c1-13(2)19(5,12-20)21-17(23)11-27-18(24)15-8-7-9-16(10-15)28(25,26)22(6)14(3)4/h7-10,13-14H,11H2,1-6H3,(H,21,23)/t19-/m1/s1. The molecule has 1 aromatic rings. The molecule has 9 heteroatoms. The number of nitrogens with zero attached hydrogens (tertiary/aromatic N) is 2. The summed E-state index contributed by atoms with van der Waals surface area (Å²) >= 11 is 0. The minimum absolute atomic E-state index is 0.0120. The number of sulfonamides is 1. The van der Waals surface area contributed by atoms with Gasteiger partial charge in [0.15, 0.2) is 6.61 Å². The van der Waals surface area contributed by atoms with Gasteiger partial charge in [0, 0.05) is 13.1 Å². The van der Waals surface area contributed by atoms with Gasteiger partial charge in [0.1, 0.15) is 5.54 Å². The molecule has 0 saturated carbocycles. The fourth-order valence-corrected chi connectivity index (χ4v) is 3.48. The summed E-state index contributed by atoms with van der Waals surface area (Å²) in [5.41, 5.74) is -1.07. The number of carbonyl (C=O) groups is 2. The van der Waals surface area contributed by atoms with E-state index in [0.717, 1.165) is 0 Å². The summed E-state index contributed by atoms with van der Waals surface area (Å²) < 4.78 is 31.3. The van der Waals surface area contributed by atoms with Crippen LogP contribution in [0.25, 0.3) is 0 Å². The molecule has 0 radical (unpaired) electrons. The number of nitrogens with one attached hydrogen (secondary N) is 1. The van der Waals surface area contributed by atoms with Crippen LogP contribution >= 0.6 is 0 Å². The molecule has 0 aliphatic rings. The molecule has 0 bridgehead atoms. The summed E-state index contributed by atoms with van der Waals surface area (Å²) in [6.45, 7) is 8.05. The van der Waals surface area contributed by atoms with Gasteiger partial charge in [-0.15, -0.1) is 0 Å². The molecule has 0 aliphatic heterocycles. The van der Waals surface area contributed by atoms with Crippen LogP contribution in [0.5, 0.6) is 0 Å². The molecule has 1 aromatic carbocycles. The quantitative estimate of drug-likeness (QED) is 0.656. The van der Waals surface area contributed by atoms with Crippen LogP contribution in [0.4, 0.5) is 0 Å². The number of benzene rings is 1. The average Bonchev–Trinajstić information content (AvgIpc) is 2.65. The molecule has 0 aliphatic carbocycles. The molecule has 0 aromatic heterocycles. The fourth-order valence-electron chi connectivity index (χ4n) is 2.07. The van der Waals surface area contributed by atoms with E-state index in [2.05, 4.69) is 5.32 Å². The second-order valence-electron chi connectivity index (χ2n) is 7.24. The van der Waals surface area contributed by atoms with Gasteiger partial charge in [0.2, 0.25) is 10.0 Å². The molecule has 0 unspecified atom stereocenters. The molecule has 1 amide bonds. The summed E-state index contributed by atoms with van der Waals surface area (Å²) in [6.07, 6.45) is 0. The number of esters is 1. The van der Waals surface area contributed by atoms with E-state index < -0.39 is 34.0 Å². The summed E-state index contributed by atoms with van der Waals surface area (Å²) in [6, 6.07) is 7.21. The molecule has 0 saturated heterocycles. The van der Waals surface area contributed by atoms with Crippen molar-refractivity contribution in [3.8, 4) is 6.07 Å². The first-order chi connectivity index (χ1) is 12.8. The molecule has 1 atom stereocenters. The van der Waals surface area contributed by atoms with Gasteiger partial charge in [-0.1, -0.05) is 19.9 Å². The number of ether oxygens (including phenoxy) is 1. The van der Waals surface area contributed by atoms with Crippen molar-refractivity contribution in [2.24, 2.45) is 5.92 Å². The van der Waals surface area contributed by atoms with Gasteiger partial charge in [-0.05, 0) is 44.9 Å². The van der Waals surface area contributed by atoms with Crippen molar-refractivity contribution in [2.75, 3.05) is 13.7 Å². The predicted molar refractivity (Wildman–Crippen MR) is 104 cm³/mol. The Balaban J connectivity index is 2.87. The Morgan fingerprint density at radius 1 is 1.29 bits per heavy atom. The zero-order valence-electron chi connectivity index (χ0n) is 17.0. The van der Waals surface area contributed by atoms with Gasteiger partial charge in [-0.3, -0.25) is 4.79 Å². The minimum Gasteiger partial charge on any atom is -0.452 e. The summed E-state index contributed by atoms with van der Waals surface area (Å²) in [5.74, 6) is -1.59. The third-order valence-corrected chi connectivity index (χ3v) is 6.62. The van der Waals surface area contributed by atoms with Crippen LogP contribution in [0.3, 0.4) is 0 Å². The number of amides is 1. The molecular formula is C19H27N3O5S. The van der Waals surface area contributed by atoms with Gasteiger partial charge in [-0.25, -0.2) is 13.2 Å². The van der Waals surface area contributed by atoms with Crippen molar-refractivity contribution in [3.63, 3.8) is 0 Å². The van der Waals surface area contributed by atoms with E-state index in [-0.39, 0.29) is 22.4 Å². The van der Waals surface area contributed by atoms with Crippen molar-refractivity contribution >= 4 is 21.9 Å². The molecule has 0 fully saturated rings. The van der Waals surface area contributed by atoms with E-state index >= 15 is 0 Å². The number of hydrogen-bond acceptors (Lipinski definition) is 6. The Bertz CT molecular complexity index is 874. The Labute approximate surface area is 166 Å². The van der Waals surface area contributed by atoms with Crippen LogP contribution in [-0.2, 0) is 19.6 Å². The number of hydrogen-bond donors (Lipinski definition) is 1. The van der Waals surface area contributed by atoms with Crippen molar-refractivity contribution < 1.29 is 22.7 Å². The van der Waals surface area contributed by atoms with Gasteiger partial charge in [-0.2, -0.15) is 9.57 Å². The van der Waals surface area contributed by atoms with Gasteiger partial charge < -0.3 is 10.1 Å². The highest BCUT2D eigenvalue weighted by molar-refractivity contribution is 7.89. The summed E-state index contributed by atoms with van der Waals surface area (Å²) in [4.78, 5) is 24.2. The average molecular weight is 410 g/mol. The van der Waals surface area contributed by atoms with E-state index in [1.54, 1.807) is 34.6 Å². The lowest BCUT2D eigenvalue weighted by Crippen LogP contribution is -2.50. The maximum atomic E-state index is 12.5. The first-order valence-electron chi connectivity index (χ1n) is 8.82. The first kappa shape index (κ1) is 23.6. The summed E-state index contributed by atoms with van der Waals surface area (Å²) in [5, 5.41) is 11.7. The highest BCUT2D eigenvalue weighted by atomic mass is 32.2. The summed E-state index contributed by atoms with van der Waals surface area (Å²) in [7, 11) is -2.30. The molecular weight excluding hydrogens is 382 g/mol. The Morgan fingerprint density at radius 2 is 1.89 bits per heavy atom. The van der Waals surface area contributed by atoms with Crippen LogP contribution in [0.1, 0.15) is 45.0 Å². The Hall–Kier alpha value is -2.44. The Kier molecular flexibility index (Phi) is 7.73. The van der Waals surface area contributed by atoms with E-state index in [9.17, 15) is 23.3 Å². The van der Waals surface area contributed by atoms with Crippen LogP contribution in [0, 0.1) is 17.2 Å². The monoisotopic (exact) mass is 409 g/mol. The minimum atomic E-state index is -3.75. The lowest BCUT2D eigenvalue weighted by atomic mass is 9.90.